The Morgan fingerprint density at radius 3 is 1.81 bits per heavy atom. The largest absolute Gasteiger partial charge is 0.321 e. The van der Waals surface area contributed by atoms with E-state index in [0.717, 1.165) is 11.1 Å². The molecule has 0 aliphatic rings. The first-order valence-electron chi connectivity index (χ1n) is 9.74. The summed E-state index contributed by atoms with van der Waals surface area (Å²) >= 11 is 6.15. The van der Waals surface area contributed by atoms with Crippen LogP contribution in [0.4, 0.5) is 11.4 Å². The molecule has 0 aliphatic heterocycles. The lowest BCUT2D eigenvalue weighted by molar-refractivity contribution is 0.102. The van der Waals surface area contributed by atoms with Crippen LogP contribution < -0.4 is 10.6 Å². The molecule has 4 aromatic rings. The van der Waals surface area contributed by atoms with Gasteiger partial charge in [0, 0.05) is 5.56 Å². The van der Waals surface area contributed by atoms with Crippen LogP contribution in [0.3, 0.4) is 0 Å². The Morgan fingerprint density at radius 2 is 1.06 bits per heavy atom. The van der Waals surface area contributed by atoms with Gasteiger partial charge >= 0.3 is 0 Å². The predicted octanol–water partition coefficient (Wildman–Crippen LogP) is 6.51. The number of carbonyl (C=O) groups excluding carboxylic acids is 2. The van der Waals surface area contributed by atoms with E-state index in [1.54, 1.807) is 54.6 Å². The first kappa shape index (κ1) is 20.4. The Hall–Kier alpha value is -3.89. The summed E-state index contributed by atoms with van der Waals surface area (Å²) in [5.74, 6) is -0.655. The molecular weight excluding hydrogens is 408 g/mol. The number of hydrogen-bond donors (Lipinski definition) is 2. The van der Waals surface area contributed by atoms with Crippen molar-refractivity contribution in [2.75, 3.05) is 10.6 Å². The molecule has 0 aliphatic carbocycles. The molecule has 0 fully saturated rings. The molecule has 0 atom stereocenters. The fourth-order valence-electron chi connectivity index (χ4n) is 3.28. The Morgan fingerprint density at radius 1 is 0.548 bits per heavy atom. The zero-order chi connectivity index (χ0) is 21.6. The molecule has 0 unspecified atom stereocenters. The highest BCUT2D eigenvalue weighted by Gasteiger charge is 2.17. The van der Waals surface area contributed by atoms with E-state index < -0.39 is 0 Å². The lowest BCUT2D eigenvalue weighted by Gasteiger charge is -2.14. The molecule has 0 bridgehead atoms. The first-order valence-corrected chi connectivity index (χ1v) is 10.1. The van der Waals surface area contributed by atoms with Crippen molar-refractivity contribution in [1.82, 2.24) is 0 Å². The second kappa shape index (κ2) is 9.28. The molecule has 0 aromatic heterocycles. The number of benzene rings is 4. The third-order valence-corrected chi connectivity index (χ3v) is 5.13. The molecule has 0 radical (unpaired) electrons. The number of carbonyl (C=O) groups is 2. The van der Waals surface area contributed by atoms with Crippen molar-refractivity contribution in [3.05, 3.63) is 119 Å². The normalized spacial score (nSPS) is 10.4. The molecule has 5 heteroatoms. The van der Waals surface area contributed by atoms with Gasteiger partial charge in [-0.25, -0.2) is 0 Å². The molecule has 4 aromatic carbocycles. The molecule has 0 saturated carbocycles. The molecular formula is C26H19ClN2O2. The quantitative estimate of drug-likeness (QED) is 0.382. The van der Waals surface area contributed by atoms with Gasteiger partial charge in [-0.15, -0.1) is 0 Å². The highest BCUT2D eigenvalue weighted by Crippen LogP contribution is 2.26. The maximum absolute atomic E-state index is 13.1. The Balaban J connectivity index is 1.61. The van der Waals surface area contributed by atoms with Crippen LogP contribution in [0.15, 0.2) is 103 Å². The highest BCUT2D eigenvalue weighted by molar-refractivity contribution is 6.34. The zero-order valence-corrected chi connectivity index (χ0v) is 17.3. The summed E-state index contributed by atoms with van der Waals surface area (Å²) in [7, 11) is 0. The number of hydrogen-bond acceptors (Lipinski definition) is 2. The average molecular weight is 427 g/mol. The van der Waals surface area contributed by atoms with Crippen molar-refractivity contribution >= 4 is 34.8 Å². The first-order chi connectivity index (χ1) is 15.1. The second-order valence-corrected chi connectivity index (χ2v) is 7.25. The lowest BCUT2D eigenvalue weighted by Crippen LogP contribution is -2.18. The van der Waals surface area contributed by atoms with Gasteiger partial charge in [0.1, 0.15) is 0 Å². The van der Waals surface area contributed by atoms with Crippen LogP contribution in [-0.4, -0.2) is 11.8 Å². The highest BCUT2D eigenvalue weighted by atomic mass is 35.5. The van der Waals surface area contributed by atoms with Crippen molar-refractivity contribution in [2.45, 2.75) is 0 Å². The molecule has 2 amide bonds. The molecule has 0 saturated heterocycles. The number of amides is 2. The van der Waals surface area contributed by atoms with E-state index >= 15 is 0 Å². The average Bonchev–Trinajstić information content (AvgIpc) is 2.81. The maximum Gasteiger partial charge on any atom is 0.257 e. The van der Waals surface area contributed by atoms with Gasteiger partial charge < -0.3 is 10.6 Å². The predicted molar refractivity (Wildman–Crippen MR) is 126 cm³/mol. The molecule has 0 heterocycles. The van der Waals surface area contributed by atoms with E-state index in [-0.39, 0.29) is 11.8 Å². The molecule has 4 nitrogen and oxygen atoms in total. The van der Waals surface area contributed by atoms with Crippen LogP contribution in [0.1, 0.15) is 20.7 Å². The number of rotatable bonds is 5. The van der Waals surface area contributed by atoms with Gasteiger partial charge in [-0.3, -0.25) is 9.59 Å². The minimum Gasteiger partial charge on any atom is -0.321 e. The molecule has 4 rings (SSSR count). The Kier molecular flexibility index (Phi) is 6.11. The van der Waals surface area contributed by atoms with Gasteiger partial charge in [-0.2, -0.15) is 0 Å². The Bertz CT molecular complexity index is 1240. The SMILES string of the molecule is O=C(Nc1ccccc1Cl)c1ccccc1NC(=O)c1ccccc1-c1ccccc1. The van der Waals surface area contributed by atoms with Crippen LogP contribution >= 0.6 is 11.6 Å². The van der Waals surface area contributed by atoms with Crippen LogP contribution in [0, 0.1) is 0 Å². The van der Waals surface area contributed by atoms with E-state index in [1.807, 2.05) is 48.5 Å². The van der Waals surface area contributed by atoms with E-state index in [9.17, 15) is 9.59 Å². The number of nitrogens with one attached hydrogen (secondary N) is 2. The standard InChI is InChI=1S/C26H19ClN2O2/c27-22-15-7-9-17-24(22)29-26(31)21-14-6-8-16-23(21)28-25(30)20-13-5-4-12-19(20)18-10-2-1-3-11-18/h1-17H,(H,28,30)(H,29,31). The molecule has 0 spiro atoms. The summed E-state index contributed by atoms with van der Waals surface area (Å²) in [6, 6.07) is 30.9. The van der Waals surface area contributed by atoms with Crippen molar-refractivity contribution in [3.63, 3.8) is 0 Å². The van der Waals surface area contributed by atoms with Crippen molar-refractivity contribution in [3.8, 4) is 11.1 Å². The van der Waals surface area contributed by atoms with Crippen molar-refractivity contribution < 1.29 is 9.59 Å². The fourth-order valence-corrected chi connectivity index (χ4v) is 3.47. The summed E-state index contributed by atoms with van der Waals surface area (Å²) in [6.07, 6.45) is 0. The van der Waals surface area contributed by atoms with Gasteiger partial charge in [0.15, 0.2) is 0 Å². The minimum absolute atomic E-state index is 0.294. The van der Waals surface area contributed by atoms with Crippen LogP contribution in [0.2, 0.25) is 5.02 Å². The van der Waals surface area contributed by atoms with E-state index in [0.29, 0.717) is 27.5 Å². The van der Waals surface area contributed by atoms with Crippen LogP contribution in [-0.2, 0) is 0 Å². The maximum atomic E-state index is 13.1. The molecule has 2 N–H and O–H groups in total. The summed E-state index contributed by atoms with van der Waals surface area (Å²) in [5.41, 5.74) is 3.55. The second-order valence-electron chi connectivity index (χ2n) is 6.85. The zero-order valence-electron chi connectivity index (χ0n) is 16.5. The number of para-hydroxylation sites is 2. The Labute approximate surface area is 185 Å². The molecule has 31 heavy (non-hydrogen) atoms. The van der Waals surface area contributed by atoms with Gasteiger partial charge in [0.05, 0.1) is 22.0 Å². The number of halogens is 1. The molecule has 152 valence electrons. The summed E-state index contributed by atoms with van der Waals surface area (Å²) in [5, 5.41) is 6.12. The summed E-state index contributed by atoms with van der Waals surface area (Å²) in [4.78, 5) is 26.0. The van der Waals surface area contributed by atoms with Gasteiger partial charge in [-0.1, -0.05) is 84.4 Å². The summed E-state index contributed by atoms with van der Waals surface area (Å²) in [6.45, 7) is 0. The topological polar surface area (TPSA) is 58.2 Å². The van der Waals surface area contributed by atoms with Crippen LogP contribution in [0.25, 0.3) is 11.1 Å². The third kappa shape index (κ3) is 4.65. The smallest absolute Gasteiger partial charge is 0.257 e. The van der Waals surface area contributed by atoms with Gasteiger partial charge in [0.2, 0.25) is 0 Å². The third-order valence-electron chi connectivity index (χ3n) is 4.80. The van der Waals surface area contributed by atoms with E-state index in [4.69, 9.17) is 11.6 Å². The summed E-state index contributed by atoms with van der Waals surface area (Å²) < 4.78 is 0. The van der Waals surface area contributed by atoms with Gasteiger partial charge in [-0.05, 0) is 41.5 Å². The van der Waals surface area contributed by atoms with Crippen LogP contribution in [0.5, 0.6) is 0 Å². The van der Waals surface area contributed by atoms with E-state index in [1.165, 1.54) is 0 Å². The lowest BCUT2D eigenvalue weighted by atomic mass is 9.99. The monoisotopic (exact) mass is 426 g/mol. The van der Waals surface area contributed by atoms with Crippen molar-refractivity contribution in [2.24, 2.45) is 0 Å². The van der Waals surface area contributed by atoms with E-state index in [2.05, 4.69) is 10.6 Å². The number of anilines is 2. The minimum atomic E-state index is -0.361. The van der Waals surface area contributed by atoms with Crippen molar-refractivity contribution in [1.29, 1.82) is 0 Å². The fraction of sp³-hybridized carbons (Fsp3) is 0. The van der Waals surface area contributed by atoms with Gasteiger partial charge in [0.25, 0.3) is 11.8 Å².